The highest BCUT2D eigenvalue weighted by atomic mass is 127. The Kier molecular flexibility index (Phi) is 11.7. The number of carbonyl (C=O) groups excluding carboxylic acids is 1. The van der Waals surface area contributed by atoms with Crippen LogP contribution in [0.3, 0.4) is 0 Å². The van der Waals surface area contributed by atoms with Crippen molar-refractivity contribution in [2.24, 2.45) is 4.99 Å². The number of hydrogen-bond acceptors (Lipinski definition) is 4. The van der Waals surface area contributed by atoms with Gasteiger partial charge in [-0.25, -0.2) is 4.99 Å². The summed E-state index contributed by atoms with van der Waals surface area (Å²) in [5.41, 5.74) is 2.70. The first kappa shape index (κ1) is 25.5. The zero-order valence-electron chi connectivity index (χ0n) is 18.0. The molecule has 0 spiro atoms. The van der Waals surface area contributed by atoms with Gasteiger partial charge in [-0.3, -0.25) is 4.79 Å². The second-order valence-corrected chi connectivity index (χ2v) is 6.30. The second-order valence-electron chi connectivity index (χ2n) is 6.30. The number of aliphatic imine (C=N–C) groups is 1. The summed E-state index contributed by atoms with van der Waals surface area (Å²) in [5, 5.41) is 9.23. The Morgan fingerprint density at radius 3 is 2.50 bits per heavy atom. The summed E-state index contributed by atoms with van der Waals surface area (Å²) in [5.74, 6) is 2.02. The molecule has 0 aromatic heterocycles. The Morgan fingerprint density at radius 1 is 1.07 bits per heavy atom. The highest BCUT2D eigenvalue weighted by Crippen LogP contribution is 2.31. The molecule has 0 aliphatic carbocycles. The van der Waals surface area contributed by atoms with E-state index in [9.17, 15) is 4.79 Å². The van der Waals surface area contributed by atoms with Crippen molar-refractivity contribution in [3.63, 3.8) is 0 Å². The van der Waals surface area contributed by atoms with Crippen molar-refractivity contribution in [2.45, 2.75) is 19.9 Å². The number of para-hydroxylation sites is 1. The lowest BCUT2D eigenvalue weighted by molar-refractivity contribution is 0.0963. The van der Waals surface area contributed by atoms with E-state index in [0.29, 0.717) is 30.2 Å². The maximum atomic E-state index is 11.8. The van der Waals surface area contributed by atoms with Gasteiger partial charge in [-0.05, 0) is 37.1 Å². The first-order valence-corrected chi connectivity index (χ1v) is 9.66. The molecule has 0 saturated heterocycles. The Labute approximate surface area is 195 Å². The van der Waals surface area contributed by atoms with Crippen molar-refractivity contribution in [3.8, 4) is 11.5 Å². The van der Waals surface area contributed by atoms with Gasteiger partial charge in [-0.15, -0.1) is 24.0 Å². The van der Waals surface area contributed by atoms with Crippen LogP contribution in [0.1, 0.15) is 28.4 Å². The van der Waals surface area contributed by atoms with E-state index in [1.54, 1.807) is 21.3 Å². The largest absolute Gasteiger partial charge is 0.493 e. The SMILES string of the molecule is CCNC(=NCc1cccc(OC)c1OC)NCCc1cccc(C(=O)NC)c1.I. The fourth-order valence-electron chi connectivity index (χ4n) is 2.92. The van der Waals surface area contributed by atoms with Gasteiger partial charge in [-0.2, -0.15) is 0 Å². The molecule has 0 saturated carbocycles. The van der Waals surface area contributed by atoms with E-state index in [-0.39, 0.29) is 29.9 Å². The highest BCUT2D eigenvalue weighted by Gasteiger charge is 2.09. The van der Waals surface area contributed by atoms with Crippen molar-refractivity contribution in [2.75, 3.05) is 34.4 Å². The van der Waals surface area contributed by atoms with Crippen LogP contribution in [0.2, 0.25) is 0 Å². The summed E-state index contributed by atoms with van der Waals surface area (Å²) in [4.78, 5) is 16.4. The minimum absolute atomic E-state index is 0. The first-order chi connectivity index (χ1) is 14.1. The molecule has 30 heavy (non-hydrogen) atoms. The predicted octanol–water partition coefficient (Wildman–Crippen LogP) is 2.98. The number of halogens is 1. The molecule has 0 unspecified atom stereocenters. The number of rotatable bonds is 9. The molecule has 0 radical (unpaired) electrons. The normalized spacial score (nSPS) is 10.6. The number of carbonyl (C=O) groups is 1. The standard InChI is InChI=1S/C22H30N4O3.HI/c1-5-24-22(26-15-18-10-7-11-19(28-3)20(18)29-4)25-13-12-16-8-6-9-17(14-16)21(27)23-2;/h6-11,14H,5,12-13,15H2,1-4H3,(H,23,27)(H2,24,25,26);1H. The third-order valence-electron chi connectivity index (χ3n) is 4.36. The number of hydrogen-bond donors (Lipinski definition) is 3. The van der Waals surface area contributed by atoms with Crippen LogP contribution in [-0.4, -0.2) is 46.2 Å². The van der Waals surface area contributed by atoms with Crippen molar-refractivity contribution in [1.82, 2.24) is 16.0 Å². The first-order valence-electron chi connectivity index (χ1n) is 9.66. The van der Waals surface area contributed by atoms with Crippen molar-refractivity contribution in [1.29, 1.82) is 0 Å². The van der Waals surface area contributed by atoms with Crippen LogP contribution >= 0.6 is 24.0 Å². The van der Waals surface area contributed by atoms with Gasteiger partial charge in [-0.1, -0.05) is 24.3 Å². The van der Waals surface area contributed by atoms with Gasteiger partial charge in [0.1, 0.15) is 0 Å². The van der Waals surface area contributed by atoms with Gasteiger partial charge in [0.2, 0.25) is 0 Å². The van der Waals surface area contributed by atoms with Crippen molar-refractivity contribution >= 4 is 35.8 Å². The van der Waals surface area contributed by atoms with E-state index in [1.807, 2.05) is 49.4 Å². The van der Waals surface area contributed by atoms with E-state index in [0.717, 1.165) is 30.1 Å². The van der Waals surface area contributed by atoms with Gasteiger partial charge >= 0.3 is 0 Å². The number of ether oxygens (including phenoxy) is 2. The number of nitrogens with one attached hydrogen (secondary N) is 3. The Morgan fingerprint density at radius 2 is 1.83 bits per heavy atom. The van der Waals surface area contributed by atoms with E-state index >= 15 is 0 Å². The quantitative estimate of drug-likeness (QED) is 0.266. The monoisotopic (exact) mass is 526 g/mol. The molecule has 2 aromatic carbocycles. The molecular formula is C22H31IN4O3. The number of guanidine groups is 1. The smallest absolute Gasteiger partial charge is 0.251 e. The summed E-state index contributed by atoms with van der Waals surface area (Å²) in [6.07, 6.45) is 0.776. The van der Waals surface area contributed by atoms with Gasteiger partial charge in [0, 0.05) is 31.3 Å². The fraction of sp³-hybridized carbons (Fsp3) is 0.364. The van der Waals surface area contributed by atoms with Crippen LogP contribution < -0.4 is 25.4 Å². The molecule has 0 atom stereocenters. The fourth-order valence-corrected chi connectivity index (χ4v) is 2.92. The second kappa shape index (κ2) is 13.7. The lowest BCUT2D eigenvalue weighted by Gasteiger charge is -2.14. The van der Waals surface area contributed by atoms with Crippen LogP contribution in [0.5, 0.6) is 11.5 Å². The van der Waals surface area contributed by atoms with Gasteiger partial charge < -0.3 is 25.4 Å². The minimum Gasteiger partial charge on any atom is -0.493 e. The molecule has 7 nitrogen and oxygen atoms in total. The summed E-state index contributed by atoms with van der Waals surface area (Å²) < 4.78 is 10.8. The number of benzene rings is 2. The lowest BCUT2D eigenvalue weighted by atomic mass is 10.1. The maximum Gasteiger partial charge on any atom is 0.251 e. The molecule has 2 aromatic rings. The van der Waals surface area contributed by atoms with Crippen LogP contribution in [-0.2, 0) is 13.0 Å². The molecular weight excluding hydrogens is 495 g/mol. The Bertz CT molecular complexity index is 843. The topological polar surface area (TPSA) is 84.0 Å². The molecule has 3 N–H and O–H groups in total. The maximum absolute atomic E-state index is 11.8. The Balaban J connectivity index is 0.00000450. The molecule has 2 rings (SSSR count). The summed E-state index contributed by atoms with van der Waals surface area (Å²) in [6.45, 7) is 3.93. The summed E-state index contributed by atoms with van der Waals surface area (Å²) >= 11 is 0. The molecule has 8 heteroatoms. The zero-order valence-corrected chi connectivity index (χ0v) is 20.3. The van der Waals surface area contributed by atoms with Gasteiger partial charge in [0.05, 0.1) is 20.8 Å². The zero-order chi connectivity index (χ0) is 21.1. The predicted molar refractivity (Wildman–Crippen MR) is 131 cm³/mol. The van der Waals surface area contributed by atoms with Crippen LogP contribution in [0, 0.1) is 0 Å². The molecule has 164 valence electrons. The van der Waals surface area contributed by atoms with Crippen LogP contribution in [0.4, 0.5) is 0 Å². The highest BCUT2D eigenvalue weighted by molar-refractivity contribution is 14.0. The van der Waals surface area contributed by atoms with Crippen molar-refractivity contribution < 1.29 is 14.3 Å². The van der Waals surface area contributed by atoms with E-state index in [2.05, 4.69) is 20.9 Å². The third-order valence-corrected chi connectivity index (χ3v) is 4.36. The van der Waals surface area contributed by atoms with Crippen molar-refractivity contribution in [3.05, 3.63) is 59.2 Å². The summed E-state index contributed by atoms with van der Waals surface area (Å²) in [6, 6.07) is 13.4. The Hall–Kier alpha value is -2.49. The number of amides is 1. The number of nitrogens with zero attached hydrogens (tertiary/aromatic N) is 1. The van der Waals surface area contributed by atoms with Gasteiger partial charge in [0.15, 0.2) is 17.5 Å². The van der Waals surface area contributed by atoms with Gasteiger partial charge in [0.25, 0.3) is 5.91 Å². The molecule has 0 bridgehead atoms. The third kappa shape index (κ3) is 7.40. The van der Waals surface area contributed by atoms with Crippen LogP contribution in [0.25, 0.3) is 0 Å². The molecule has 1 amide bonds. The molecule has 0 aliphatic rings. The van der Waals surface area contributed by atoms with Crippen LogP contribution in [0.15, 0.2) is 47.5 Å². The minimum atomic E-state index is -0.0815. The number of methoxy groups -OCH3 is 2. The molecule has 0 fully saturated rings. The van der Waals surface area contributed by atoms with E-state index in [4.69, 9.17) is 9.47 Å². The molecule has 0 heterocycles. The van der Waals surface area contributed by atoms with E-state index in [1.165, 1.54) is 0 Å². The molecule has 0 aliphatic heterocycles. The summed E-state index contributed by atoms with van der Waals surface area (Å²) in [7, 11) is 4.88. The van der Waals surface area contributed by atoms with E-state index < -0.39 is 0 Å². The lowest BCUT2D eigenvalue weighted by Crippen LogP contribution is -2.38. The average molecular weight is 526 g/mol. The average Bonchev–Trinajstić information content (AvgIpc) is 2.76.